The molecular formula is C14H14F2N2O3. The van der Waals surface area contributed by atoms with Crippen molar-refractivity contribution in [3.63, 3.8) is 0 Å². The first kappa shape index (κ1) is 15.1. The standard InChI is InChI=1S/C14H14F2N2O3/c1-9(20-2)8-21-14(19)10-6-17-18(7-10)13-4-3-11(15)5-12(13)16/h3-7,9H,8H2,1-2H3. The van der Waals surface area contributed by atoms with Gasteiger partial charge in [0.2, 0.25) is 0 Å². The minimum absolute atomic E-state index is 0.0423. The summed E-state index contributed by atoms with van der Waals surface area (Å²) in [6.45, 7) is 1.86. The summed E-state index contributed by atoms with van der Waals surface area (Å²) in [4.78, 5) is 11.8. The van der Waals surface area contributed by atoms with Crippen molar-refractivity contribution < 1.29 is 23.0 Å². The van der Waals surface area contributed by atoms with Gasteiger partial charge in [0.15, 0.2) is 5.82 Å². The van der Waals surface area contributed by atoms with Crippen LogP contribution in [0.15, 0.2) is 30.6 Å². The third-order valence-electron chi connectivity index (χ3n) is 2.83. The molecule has 21 heavy (non-hydrogen) atoms. The van der Waals surface area contributed by atoms with Crippen LogP contribution in [0.25, 0.3) is 5.69 Å². The highest BCUT2D eigenvalue weighted by molar-refractivity contribution is 5.88. The van der Waals surface area contributed by atoms with E-state index in [0.717, 1.165) is 16.8 Å². The van der Waals surface area contributed by atoms with Gasteiger partial charge in [-0.3, -0.25) is 0 Å². The lowest BCUT2D eigenvalue weighted by molar-refractivity contribution is 0.0169. The highest BCUT2D eigenvalue weighted by Crippen LogP contribution is 2.15. The van der Waals surface area contributed by atoms with E-state index in [1.807, 2.05) is 0 Å². The number of halogens is 2. The third kappa shape index (κ3) is 3.63. The van der Waals surface area contributed by atoms with Crippen LogP contribution in [0.5, 0.6) is 0 Å². The Morgan fingerprint density at radius 1 is 1.43 bits per heavy atom. The van der Waals surface area contributed by atoms with E-state index in [4.69, 9.17) is 9.47 Å². The van der Waals surface area contributed by atoms with Crippen LogP contribution >= 0.6 is 0 Å². The molecule has 1 heterocycles. The number of carbonyl (C=O) groups excluding carboxylic acids is 1. The van der Waals surface area contributed by atoms with Gasteiger partial charge in [0.25, 0.3) is 0 Å². The average molecular weight is 296 g/mol. The summed E-state index contributed by atoms with van der Waals surface area (Å²) in [5.41, 5.74) is 0.211. The fraction of sp³-hybridized carbons (Fsp3) is 0.286. The summed E-state index contributed by atoms with van der Waals surface area (Å²) in [6.07, 6.45) is 2.34. The van der Waals surface area contributed by atoms with Crippen molar-refractivity contribution in [1.29, 1.82) is 0 Å². The molecule has 0 N–H and O–H groups in total. The molecule has 2 rings (SSSR count). The van der Waals surface area contributed by atoms with E-state index in [1.165, 1.54) is 25.6 Å². The van der Waals surface area contributed by atoms with Gasteiger partial charge in [-0.25, -0.2) is 18.3 Å². The summed E-state index contributed by atoms with van der Waals surface area (Å²) < 4.78 is 37.6. The normalized spacial score (nSPS) is 12.2. The molecule has 0 saturated heterocycles. The van der Waals surface area contributed by atoms with Gasteiger partial charge in [0.1, 0.15) is 18.1 Å². The lowest BCUT2D eigenvalue weighted by Gasteiger charge is -2.09. The quantitative estimate of drug-likeness (QED) is 0.795. The van der Waals surface area contributed by atoms with E-state index in [1.54, 1.807) is 6.92 Å². The van der Waals surface area contributed by atoms with Crippen molar-refractivity contribution in [2.24, 2.45) is 0 Å². The van der Waals surface area contributed by atoms with Gasteiger partial charge in [-0.05, 0) is 19.1 Å². The molecule has 2 aromatic rings. The molecule has 0 aliphatic rings. The van der Waals surface area contributed by atoms with E-state index < -0.39 is 17.6 Å². The lowest BCUT2D eigenvalue weighted by Crippen LogP contribution is -2.17. The number of aromatic nitrogens is 2. The number of rotatable bonds is 5. The highest BCUT2D eigenvalue weighted by Gasteiger charge is 2.14. The zero-order chi connectivity index (χ0) is 15.4. The Labute approximate surface area is 120 Å². The first-order chi connectivity index (χ1) is 10.0. The predicted molar refractivity (Wildman–Crippen MR) is 70.2 cm³/mol. The summed E-state index contributed by atoms with van der Waals surface area (Å²) >= 11 is 0. The molecule has 1 unspecified atom stereocenters. The second kappa shape index (κ2) is 6.45. The predicted octanol–water partition coefficient (Wildman–Crippen LogP) is 2.34. The van der Waals surface area contributed by atoms with E-state index in [0.29, 0.717) is 0 Å². The molecule has 1 atom stereocenters. The second-order valence-electron chi connectivity index (χ2n) is 4.41. The van der Waals surface area contributed by atoms with Gasteiger partial charge in [0.05, 0.1) is 17.9 Å². The number of carbonyl (C=O) groups is 1. The van der Waals surface area contributed by atoms with Crippen LogP contribution in [0.3, 0.4) is 0 Å². The smallest absolute Gasteiger partial charge is 0.341 e. The molecular weight excluding hydrogens is 282 g/mol. The number of hydrogen-bond acceptors (Lipinski definition) is 4. The first-order valence-electron chi connectivity index (χ1n) is 6.21. The van der Waals surface area contributed by atoms with Crippen molar-refractivity contribution in [1.82, 2.24) is 9.78 Å². The molecule has 0 amide bonds. The average Bonchev–Trinajstić information content (AvgIpc) is 2.93. The second-order valence-corrected chi connectivity index (χ2v) is 4.41. The van der Waals surface area contributed by atoms with Crippen LogP contribution < -0.4 is 0 Å². The monoisotopic (exact) mass is 296 g/mol. The van der Waals surface area contributed by atoms with Gasteiger partial charge in [-0.15, -0.1) is 0 Å². The van der Waals surface area contributed by atoms with Crippen LogP contribution in [0.2, 0.25) is 0 Å². The number of methoxy groups -OCH3 is 1. The van der Waals surface area contributed by atoms with Crippen LogP contribution in [-0.4, -0.2) is 35.6 Å². The fourth-order valence-corrected chi connectivity index (χ4v) is 1.57. The summed E-state index contributed by atoms with van der Waals surface area (Å²) in [7, 11) is 1.51. The summed E-state index contributed by atoms with van der Waals surface area (Å²) in [5, 5.41) is 3.87. The largest absolute Gasteiger partial charge is 0.459 e. The minimum atomic E-state index is -0.772. The number of hydrogen-bond donors (Lipinski definition) is 0. The maximum atomic E-state index is 13.6. The number of nitrogens with zero attached hydrogens (tertiary/aromatic N) is 2. The number of ether oxygens (including phenoxy) is 2. The fourth-order valence-electron chi connectivity index (χ4n) is 1.57. The van der Waals surface area contributed by atoms with Gasteiger partial charge < -0.3 is 9.47 Å². The molecule has 0 aliphatic carbocycles. The molecule has 1 aromatic heterocycles. The lowest BCUT2D eigenvalue weighted by atomic mass is 10.3. The van der Waals surface area contributed by atoms with Crippen molar-refractivity contribution in [3.8, 4) is 5.69 Å². The molecule has 0 aliphatic heterocycles. The first-order valence-corrected chi connectivity index (χ1v) is 6.21. The topological polar surface area (TPSA) is 53.4 Å². The van der Waals surface area contributed by atoms with E-state index in [9.17, 15) is 13.6 Å². The number of esters is 1. The zero-order valence-corrected chi connectivity index (χ0v) is 11.5. The van der Waals surface area contributed by atoms with E-state index >= 15 is 0 Å². The SMILES string of the molecule is COC(C)COC(=O)c1cnn(-c2ccc(F)cc2F)c1. The van der Waals surface area contributed by atoms with E-state index in [2.05, 4.69) is 5.10 Å². The molecule has 1 aromatic carbocycles. The molecule has 0 saturated carbocycles. The Hall–Kier alpha value is -2.28. The molecule has 5 nitrogen and oxygen atoms in total. The molecule has 112 valence electrons. The molecule has 7 heteroatoms. The van der Waals surface area contributed by atoms with Crippen molar-refractivity contribution in [2.45, 2.75) is 13.0 Å². The maximum absolute atomic E-state index is 13.6. The Kier molecular flexibility index (Phi) is 4.64. The van der Waals surface area contributed by atoms with Crippen LogP contribution in [-0.2, 0) is 9.47 Å². The summed E-state index contributed by atoms with van der Waals surface area (Å²) in [5.74, 6) is -2.05. The van der Waals surface area contributed by atoms with Crippen molar-refractivity contribution in [3.05, 3.63) is 47.8 Å². The summed E-state index contributed by atoms with van der Waals surface area (Å²) in [6, 6.07) is 3.09. The molecule has 0 fully saturated rings. The van der Waals surface area contributed by atoms with Gasteiger partial charge in [-0.1, -0.05) is 0 Å². The van der Waals surface area contributed by atoms with Crippen molar-refractivity contribution >= 4 is 5.97 Å². The van der Waals surface area contributed by atoms with E-state index in [-0.39, 0.29) is 24.0 Å². The Morgan fingerprint density at radius 3 is 2.86 bits per heavy atom. The van der Waals surface area contributed by atoms with Gasteiger partial charge >= 0.3 is 5.97 Å². The third-order valence-corrected chi connectivity index (χ3v) is 2.83. The molecule has 0 spiro atoms. The minimum Gasteiger partial charge on any atom is -0.459 e. The van der Waals surface area contributed by atoms with Crippen LogP contribution in [0.1, 0.15) is 17.3 Å². The highest BCUT2D eigenvalue weighted by atomic mass is 19.1. The molecule has 0 bridgehead atoms. The Balaban J connectivity index is 2.12. The Morgan fingerprint density at radius 2 is 2.19 bits per heavy atom. The van der Waals surface area contributed by atoms with Crippen molar-refractivity contribution in [2.75, 3.05) is 13.7 Å². The maximum Gasteiger partial charge on any atom is 0.341 e. The molecule has 0 radical (unpaired) electrons. The van der Waals surface area contributed by atoms with Gasteiger partial charge in [-0.2, -0.15) is 5.10 Å². The van der Waals surface area contributed by atoms with Gasteiger partial charge in [0, 0.05) is 19.4 Å². The Bertz CT molecular complexity index is 643. The van der Waals surface area contributed by atoms with Crippen LogP contribution in [0, 0.1) is 11.6 Å². The number of benzene rings is 1. The van der Waals surface area contributed by atoms with Crippen LogP contribution in [0.4, 0.5) is 8.78 Å². The zero-order valence-electron chi connectivity index (χ0n) is 11.5.